The normalized spacial score (nSPS) is 10.9. The molecule has 0 heterocycles. The van der Waals surface area contributed by atoms with Crippen molar-refractivity contribution < 1.29 is 0 Å². The van der Waals surface area contributed by atoms with E-state index >= 15 is 0 Å². The summed E-state index contributed by atoms with van der Waals surface area (Å²) in [6, 6.07) is 4.22. The second-order valence-corrected chi connectivity index (χ2v) is 5.87. The Balaban J connectivity index is 2.61. The van der Waals surface area contributed by atoms with E-state index in [1.807, 2.05) is 0 Å². The lowest BCUT2D eigenvalue weighted by Crippen LogP contribution is -2.02. The Hall–Kier alpha value is -1.18. The molecule has 1 rings (SSSR count). The van der Waals surface area contributed by atoms with E-state index in [0.717, 1.165) is 24.2 Å². The molecule has 114 valence electrons. The molecule has 0 aliphatic heterocycles. The van der Waals surface area contributed by atoms with Gasteiger partial charge in [0.05, 0.1) is 11.4 Å². The molecule has 1 aromatic carbocycles. The summed E-state index contributed by atoms with van der Waals surface area (Å²) in [5, 5.41) is 0. The molecular formula is C18H32N2. The van der Waals surface area contributed by atoms with Gasteiger partial charge in [0.25, 0.3) is 0 Å². The number of hydrogen-bond donors (Lipinski definition) is 2. The molecule has 2 nitrogen and oxygen atoms in total. The van der Waals surface area contributed by atoms with Crippen LogP contribution in [0, 0.1) is 0 Å². The summed E-state index contributed by atoms with van der Waals surface area (Å²) in [7, 11) is 0. The molecule has 0 fully saturated rings. The first kappa shape index (κ1) is 16.9. The monoisotopic (exact) mass is 276 g/mol. The molecule has 4 N–H and O–H groups in total. The average Bonchev–Trinajstić information content (AvgIpc) is 2.44. The Bertz CT molecular complexity index is 348. The quantitative estimate of drug-likeness (QED) is 0.461. The van der Waals surface area contributed by atoms with Crippen LogP contribution in [0.25, 0.3) is 0 Å². The summed E-state index contributed by atoms with van der Waals surface area (Å²) in [6.07, 6.45) is 12.7. The lowest BCUT2D eigenvalue weighted by molar-refractivity contribution is 0.651. The fraction of sp³-hybridized carbons (Fsp3) is 0.667. The van der Waals surface area contributed by atoms with Crippen LogP contribution in [0.15, 0.2) is 12.1 Å². The molecule has 2 heteroatoms. The molecule has 0 spiro atoms. The van der Waals surface area contributed by atoms with Crippen molar-refractivity contribution in [2.24, 2.45) is 0 Å². The third kappa shape index (κ3) is 5.85. The van der Waals surface area contributed by atoms with Crippen LogP contribution in [0.3, 0.4) is 0 Å². The number of nitrogens with two attached hydrogens (primary N) is 2. The molecule has 0 saturated heterocycles. The fourth-order valence-corrected chi connectivity index (χ4v) is 2.68. The van der Waals surface area contributed by atoms with Crippen LogP contribution in [0.1, 0.15) is 76.3 Å². The number of hydrogen-bond acceptors (Lipinski definition) is 2. The number of benzene rings is 1. The van der Waals surface area contributed by atoms with Gasteiger partial charge in [-0.3, -0.25) is 0 Å². The van der Waals surface area contributed by atoms with Crippen molar-refractivity contribution in [3.05, 3.63) is 23.3 Å². The van der Waals surface area contributed by atoms with E-state index in [4.69, 9.17) is 11.5 Å². The van der Waals surface area contributed by atoms with Crippen molar-refractivity contribution in [2.45, 2.75) is 78.1 Å². The van der Waals surface area contributed by atoms with Crippen molar-refractivity contribution in [3.63, 3.8) is 0 Å². The maximum atomic E-state index is 5.97. The maximum Gasteiger partial charge on any atom is 0.0550 e. The summed E-state index contributed by atoms with van der Waals surface area (Å²) in [6.45, 7) is 4.50. The van der Waals surface area contributed by atoms with Crippen molar-refractivity contribution in [1.82, 2.24) is 0 Å². The molecule has 0 aromatic heterocycles. The predicted octanol–water partition coefficient (Wildman–Crippen LogP) is 5.10. The van der Waals surface area contributed by atoms with Crippen LogP contribution in [-0.2, 0) is 12.8 Å². The molecule has 0 aliphatic carbocycles. The number of nitrogen functional groups attached to an aromatic ring is 2. The largest absolute Gasteiger partial charge is 0.397 e. The van der Waals surface area contributed by atoms with Gasteiger partial charge in [0, 0.05) is 0 Å². The van der Waals surface area contributed by atoms with E-state index in [-0.39, 0.29) is 0 Å². The molecule has 0 atom stereocenters. The van der Waals surface area contributed by atoms with E-state index in [1.54, 1.807) is 0 Å². The number of anilines is 2. The lowest BCUT2D eigenvalue weighted by Gasteiger charge is -2.13. The fourth-order valence-electron chi connectivity index (χ4n) is 2.68. The summed E-state index contributed by atoms with van der Waals surface area (Å²) in [4.78, 5) is 0. The molecule has 0 aliphatic rings. The SMILES string of the molecule is CCCCCCc1cc(N)c(N)cc1CCCCCC. The number of aryl methyl sites for hydroxylation is 2. The van der Waals surface area contributed by atoms with Crippen LogP contribution in [0.5, 0.6) is 0 Å². The zero-order valence-corrected chi connectivity index (χ0v) is 13.4. The van der Waals surface area contributed by atoms with Gasteiger partial charge in [-0.15, -0.1) is 0 Å². The summed E-state index contributed by atoms with van der Waals surface area (Å²) >= 11 is 0. The van der Waals surface area contributed by atoms with Crippen molar-refractivity contribution in [1.29, 1.82) is 0 Å². The van der Waals surface area contributed by atoms with E-state index in [2.05, 4.69) is 26.0 Å². The van der Waals surface area contributed by atoms with Crippen LogP contribution in [-0.4, -0.2) is 0 Å². The Morgan fingerprint density at radius 3 is 1.40 bits per heavy atom. The third-order valence-corrected chi connectivity index (χ3v) is 4.00. The first-order chi connectivity index (χ1) is 9.69. The van der Waals surface area contributed by atoms with Crippen molar-refractivity contribution >= 4 is 11.4 Å². The zero-order valence-electron chi connectivity index (χ0n) is 13.4. The summed E-state index contributed by atoms with van der Waals surface area (Å²) in [5.74, 6) is 0. The van der Waals surface area contributed by atoms with Gasteiger partial charge in [-0.25, -0.2) is 0 Å². The standard InChI is InChI=1S/C18H32N2/c1-3-5-7-9-11-15-13-17(19)18(20)14-16(15)12-10-8-6-4-2/h13-14H,3-12,19-20H2,1-2H3. The number of unbranched alkanes of at least 4 members (excludes halogenated alkanes) is 6. The van der Waals surface area contributed by atoms with Gasteiger partial charge in [-0.05, 0) is 48.9 Å². The van der Waals surface area contributed by atoms with E-state index < -0.39 is 0 Å². The second-order valence-electron chi connectivity index (χ2n) is 5.87. The third-order valence-electron chi connectivity index (χ3n) is 4.00. The highest BCUT2D eigenvalue weighted by Crippen LogP contribution is 2.24. The van der Waals surface area contributed by atoms with Crippen LogP contribution < -0.4 is 11.5 Å². The Morgan fingerprint density at radius 2 is 1.05 bits per heavy atom. The smallest absolute Gasteiger partial charge is 0.0550 e. The van der Waals surface area contributed by atoms with Crippen molar-refractivity contribution in [3.8, 4) is 0 Å². The minimum Gasteiger partial charge on any atom is -0.397 e. The van der Waals surface area contributed by atoms with Crippen LogP contribution in [0.4, 0.5) is 11.4 Å². The molecule has 0 unspecified atom stereocenters. The van der Waals surface area contributed by atoms with Crippen molar-refractivity contribution in [2.75, 3.05) is 11.5 Å². The van der Waals surface area contributed by atoms with E-state index in [1.165, 1.54) is 62.5 Å². The molecule has 1 aromatic rings. The highest BCUT2D eigenvalue weighted by Gasteiger charge is 2.06. The molecule has 0 saturated carbocycles. The lowest BCUT2D eigenvalue weighted by atomic mass is 9.95. The Morgan fingerprint density at radius 1 is 0.650 bits per heavy atom. The van der Waals surface area contributed by atoms with Gasteiger partial charge in [0.2, 0.25) is 0 Å². The first-order valence-corrected chi connectivity index (χ1v) is 8.35. The van der Waals surface area contributed by atoms with Crippen LogP contribution >= 0.6 is 0 Å². The molecule has 0 bridgehead atoms. The highest BCUT2D eigenvalue weighted by atomic mass is 14.7. The van der Waals surface area contributed by atoms with E-state index in [9.17, 15) is 0 Å². The van der Waals surface area contributed by atoms with Crippen LogP contribution in [0.2, 0.25) is 0 Å². The van der Waals surface area contributed by atoms with Gasteiger partial charge in [0.1, 0.15) is 0 Å². The summed E-state index contributed by atoms with van der Waals surface area (Å²) < 4.78 is 0. The average molecular weight is 276 g/mol. The summed E-state index contributed by atoms with van der Waals surface area (Å²) in [5.41, 5.74) is 16.3. The van der Waals surface area contributed by atoms with Gasteiger partial charge in [0.15, 0.2) is 0 Å². The molecule has 20 heavy (non-hydrogen) atoms. The minimum absolute atomic E-state index is 0.743. The van der Waals surface area contributed by atoms with Gasteiger partial charge in [-0.1, -0.05) is 52.4 Å². The first-order valence-electron chi connectivity index (χ1n) is 8.35. The second kappa shape index (κ2) is 9.68. The maximum absolute atomic E-state index is 5.97. The van der Waals surface area contributed by atoms with Gasteiger partial charge < -0.3 is 11.5 Å². The highest BCUT2D eigenvalue weighted by molar-refractivity contribution is 5.66. The van der Waals surface area contributed by atoms with Gasteiger partial charge in [-0.2, -0.15) is 0 Å². The Labute approximate surface area is 124 Å². The molecule has 0 radical (unpaired) electrons. The number of rotatable bonds is 10. The predicted molar refractivity (Wildman–Crippen MR) is 91.0 cm³/mol. The van der Waals surface area contributed by atoms with Gasteiger partial charge >= 0.3 is 0 Å². The molecular weight excluding hydrogens is 244 g/mol. The zero-order chi connectivity index (χ0) is 14.8. The minimum atomic E-state index is 0.743. The Kier molecular flexibility index (Phi) is 8.17. The topological polar surface area (TPSA) is 52.0 Å². The molecule has 0 amide bonds. The van der Waals surface area contributed by atoms with E-state index in [0.29, 0.717) is 0 Å².